The van der Waals surface area contributed by atoms with Crippen molar-refractivity contribution in [1.29, 1.82) is 0 Å². The molecule has 0 aromatic carbocycles. The average molecular weight is 238 g/mol. The van der Waals surface area contributed by atoms with Gasteiger partial charge in [-0.1, -0.05) is 13.8 Å². The van der Waals surface area contributed by atoms with E-state index in [0.717, 1.165) is 13.0 Å². The second kappa shape index (κ2) is 5.78. The Balaban J connectivity index is 2.10. The van der Waals surface area contributed by atoms with E-state index in [4.69, 9.17) is 4.98 Å². The maximum atomic E-state index is 4.78. The first-order valence-electron chi connectivity index (χ1n) is 6.57. The summed E-state index contributed by atoms with van der Waals surface area (Å²) in [5, 5.41) is 5.00. The minimum atomic E-state index is 0.590. The third kappa shape index (κ3) is 2.64. The SMILES string of the molecule is CCCNC1CCCc2nc(CCC)sc21. The molecule has 1 aliphatic carbocycles. The van der Waals surface area contributed by atoms with Gasteiger partial charge in [0.15, 0.2) is 0 Å². The maximum absolute atomic E-state index is 4.78. The van der Waals surface area contributed by atoms with Crippen LogP contribution in [0.15, 0.2) is 0 Å². The first-order chi connectivity index (χ1) is 7.85. The molecule has 1 heterocycles. The fourth-order valence-electron chi connectivity index (χ4n) is 2.30. The molecule has 0 spiro atoms. The quantitative estimate of drug-likeness (QED) is 0.849. The molecule has 1 aliphatic rings. The molecule has 0 radical (unpaired) electrons. The van der Waals surface area contributed by atoms with Crippen LogP contribution in [0.25, 0.3) is 0 Å². The normalized spacial score (nSPS) is 19.8. The Kier molecular flexibility index (Phi) is 4.36. The second-order valence-corrected chi connectivity index (χ2v) is 5.68. The Bertz CT molecular complexity index is 333. The lowest BCUT2D eigenvalue weighted by Crippen LogP contribution is -2.24. The zero-order valence-corrected chi connectivity index (χ0v) is 11.2. The summed E-state index contributed by atoms with van der Waals surface area (Å²) in [6.07, 6.45) is 7.36. The van der Waals surface area contributed by atoms with E-state index in [2.05, 4.69) is 19.2 Å². The van der Waals surface area contributed by atoms with Gasteiger partial charge in [-0.2, -0.15) is 0 Å². The molecule has 16 heavy (non-hydrogen) atoms. The summed E-state index contributed by atoms with van der Waals surface area (Å²) in [6, 6.07) is 0.590. The zero-order chi connectivity index (χ0) is 11.4. The van der Waals surface area contributed by atoms with Crippen LogP contribution < -0.4 is 5.32 Å². The molecule has 1 aromatic heterocycles. The van der Waals surface area contributed by atoms with Crippen molar-refractivity contribution < 1.29 is 0 Å². The number of hydrogen-bond donors (Lipinski definition) is 1. The molecule has 0 amide bonds. The molecule has 0 bridgehead atoms. The molecule has 90 valence electrons. The van der Waals surface area contributed by atoms with Crippen LogP contribution >= 0.6 is 11.3 Å². The van der Waals surface area contributed by atoms with Crippen molar-refractivity contribution in [3.63, 3.8) is 0 Å². The Hall–Kier alpha value is -0.410. The van der Waals surface area contributed by atoms with Gasteiger partial charge < -0.3 is 5.32 Å². The van der Waals surface area contributed by atoms with Gasteiger partial charge in [0.2, 0.25) is 0 Å². The van der Waals surface area contributed by atoms with Gasteiger partial charge in [-0.05, 0) is 45.1 Å². The Morgan fingerprint density at radius 3 is 3.00 bits per heavy atom. The highest BCUT2D eigenvalue weighted by atomic mass is 32.1. The summed E-state index contributed by atoms with van der Waals surface area (Å²) in [6.45, 7) is 5.59. The van der Waals surface area contributed by atoms with Gasteiger partial charge >= 0.3 is 0 Å². The van der Waals surface area contributed by atoms with Crippen LogP contribution in [0, 0.1) is 0 Å². The molecule has 1 unspecified atom stereocenters. The van der Waals surface area contributed by atoms with Gasteiger partial charge in [-0.15, -0.1) is 11.3 Å². The lowest BCUT2D eigenvalue weighted by atomic mass is 9.98. The van der Waals surface area contributed by atoms with E-state index in [-0.39, 0.29) is 0 Å². The van der Waals surface area contributed by atoms with Crippen molar-refractivity contribution in [3.05, 3.63) is 15.6 Å². The lowest BCUT2D eigenvalue weighted by Gasteiger charge is -2.22. The molecule has 2 nitrogen and oxygen atoms in total. The van der Waals surface area contributed by atoms with Crippen LogP contribution in [0.1, 0.15) is 61.2 Å². The van der Waals surface area contributed by atoms with Crippen LogP contribution in [0.3, 0.4) is 0 Å². The Labute approximate surface area is 102 Å². The van der Waals surface area contributed by atoms with Crippen molar-refractivity contribution in [2.75, 3.05) is 6.54 Å². The van der Waals surface area contributed by atoms with Crippen LogP contribution in [0.2, 0.25) is 0 Å². The summed E-state index contributed by atoms with van der Waals surface area (Å²) in [5.41, 5.74) is 1.38. The van der Waals surface area contributed by atoms with Crippen molar-refractivity contribution in [1.82, 2.24) is 10.3 Å². The number of thiazole rings is 1. The maximum Gasteiger partial charge on any atom is 0.0931 e. The molecule has 0 fully saturated rings. The first kappa shape index (κ1) is 12.1. The van der Waals surface area contributed by atoms with E-state index >= 15 is 0 Å². The van der Waals surface area contributed by atoms with Gasteiger partial charge in [0.25, 0.3) is 0 Å². The van der Waals surface area contributed by atoms with E-state index in [1.807, 2.05) is 11.3 Å². The summed E-state index contributed by atoms with van der Waals surface area (Å²) >= 11 is 1.94. The van der Waals surface area contributed by atoms with Gasteiger partial charge in [0.05, 0.1) is 10.7 Å². The van der Waals surface area contributed by atoms with Crippen LogP contribution in [0.5, 0.6) is 0 Å². The summed E-state index contributed by atoms with van der Waals surface area (Å²) in [7, 11) is 0. The highest BCUT2D eigenvalue weighted by Crippen LogP contribution is 2.34. The largest absolute Gasteiger partial charge is 0.309 e. The number of nitrogens with one attached hydrogen (secondary N) is 1. The summed E-state index contributed by atoms with van der Waals surface area (Å²) < 4.78 is 0. The minimum absolute atomic E-state index is 0.590. The van der Waals surface area contributed by atoms with E-state index < -0.39 is 0 Å². The molecular weight excluding hydrogens is 216 g/mol. The summed E-state index contributed by atoms with van der Waals surface area (Å²) in [4.78, 5) is 6.31. The molecule has 1 aromatic rings. The topological polar surface area (TPSA) is 24.9 Å². The minimum Gasteiger partial charge on any atom is -0.309 e. The van der Waals surface area contributed by atoms with Crippen molar-refractivity contribution >= 4 is 11.3 Å². The van der Waals surface area contributed by atoms with Crippen molar-refractivity contribution in [2.24, 2.45) is 0 Å². The third-order valence-electron chi connectivity index (χ3n) is 3.10. The highest BCUT2D eigenvalue weighted by molar-refractivity contribution is 7.11. The number of aryl methyl sites for hydroxylation is 2. The monoisotopic (exact) mass is 238 g/mol. The predicted octanol–water partition coefficient (Wildman–Crippen LogP) is 3.47. The van der Waals surface area contributed by atoms with Crippen molar-refractivity contribution in [3.8, 4) is 0 Å². The lowest BCUT2D eigenvalue weighted by molar-refractivity contribution is 0.464. The first-order valence-corrected chi connectivity index (χ1v) is 7.38. The van der Waals surface area contributed by atoms with Gasteiger partial charge in [-0.25, -0.2) is 4.98 Å². The van der Waals surface area contributed by atoms with Gasteiger partial charge in [0, 0.05) is 10.9 Å². The van der Waals surface area contributed by atoms with Gasteiger partial charge in [0.1, 0.15) is 0 Å². The fraction of sp³-hybridized carbons (Fsp3) is 0.769. The van der Waals surface area contributed by atoms with Crippen LogP contribution in [-0.2, 0) is 12.8 Å². The van der Waals surface area contributed by atoms with Crippen molar-refractivity contribution in [2.45, 2.75) is 58.4 Å². The smallest absolute Gasteiger partial charge is 0.0931 e. The highest BCUT2D eigenvalue weighted by Gasteiger charge is 2.23. The number of rotatable bonds is 5. The van der Waals surface area contributed by atoms with Crippen LogP contribution in [-0.4, -0.2) is 11.5 Å². The average Bonchev–Trinajstić information content (AvgIpc) is 2.69. The molecule has 1 N–H and O–H groups in total. The Morgan fingerprint density at radius 2 is 2.25 bits per heavy atom. The summed E-state index contributed by atoms with van der Waals surface area (Å²) in [5.74, 6) is 0. The molecule has 0 saturated heterocycles. The molecule has 0 aliphatic heterocycles. The van der Waals surface area contributed by atoms with E-state index in [0.29, 0.717) is 6.04 Å². The fourth-order valence-corrected chi connectivity index (χ4v) is 3.63. The molecular formula is C13H22N2S. The molecule has 1 atom stereocenters. The number of nitrogens with zero attached hydrogens (tertiary/aromatic N) is 1. The van der Waals surface area contributed by atoms with Crippen LogP contribution in [0.4, 0.5) is 0 Å². The number of aromatic nitrogens is 1. The third-order valence-corrected chi connectivity index (χ3v) is 4.37. The zero-order valence-electron chi connectivity index (χ0n) is 10.4. The number of hydrogen-bond acceptors (Lipinski definition) is 3. The van der Waals surface area contributed by atoms with E-state index in [1.54, 1.807) is 0 Å². The van der Waals surface area contributed by atoms with E-state index in [9.17, 15) is 0 Å². The van der Waals surface area contributed by atoms with E-state index in [1.165, 1.54) is 47.7 Å². The Morgan fingerprint density at radius 1 is 1.38 bits per heavy atom. The van der Waals surface area contributed by atoms with Gasteiger partial charge in [-0.3, -0.25) is 0 Å². The molecule has 3 heteroatoms. The predicted molar refractivity (Wildman–Crippen MR) is 70.1 cm³/mol. The molecule has 2 rings (SSSR count). The second-order valence-electron chi connectivity index (χ2n) is 4.57. The number of fused-ring (bicyclic) bond motifs is 1. The standard InChI is InChI=1S/C13H22N2S/c1-3-6-12-15-11-8-5-7-10(13(11)16-12)14-9-4-2/h10,14H,3-9H2,1-2H3. The molecule has 0 saturated carbocycles.